The van der Waals surface area contributed by atoms with Crippen LogP contribution < -0.4 is 10.2 Å². The number of aryl methyl sites for hydroxylation is 2. The van der Waals surface area contributed by atoms with Gasteiger partial charge in [0.1, 0.15) is 12.4 Å². The zero-order valence-corrected chi connectivity index (χ0v) is 21.1. The summed E-state index contributed by atoms with van der Waals surface area (Å²) in [7, 11) is 1.38. The van der Waals surface area contributed by atoms with Crippen molar-refractivity contribution in [3.8, 4) is 16.8 Å². The van der Waals surface area contributed by atoms with Crippen molar-refractivity contribution in [3.63, 3.8) is 0 Å². The summed E-state index contributed by atoms with van der Waals surface area (Å²) >= 11 is 0. The van der Waals surface area contributed by atoms with Gasteiger partial charge in [0.25, 0.3) is 0 Å². The number of imidazole rings is 1. The number of amides is 3. The van der Waals surface area contributed by atoms with E-state index in [-0.39, 0.29) is 12.5 Å². The quantitative estimate of drug-likeness (QED) is 0.281. The Kier molecular flexibility index (Phi) is 6.48. The van der Waals surface area contributed by atoms with Gasteiger partial charge in [-0.2, -0.15) is 0 Å². The molecule has 1 fully saturated rings. The lowest BCUT2D eigenvalue weighted by atomic mass is 10.0. The largest absolute Gasteiger partial charge is 0.465 e. The second kappa shape index (κ2) is 9.89. The van der Waals surface area contributed by atoms with Crippen LogP contribution in [-0.4, -0.2) is 41.1 Å². The summed E-state index contributed by atoms with van der Waals surface area (Å²) in [5, 5.41) is 2.34. The predicted molar refractivity (Wildman–Crippen MR) is 142 cm³/mol. The first kappa shape index (κ1) is 24.2. The molecular weight excluding hydrogens is 468 g/mol. The van der Waals surface area contributed by atoms with E-state index >= 15 is 0 Å². The maximum Gasteiger partial charge on any atom is 0.340 e. The van der Waals surface area contributed by atoms with E-state index in [1.165, 1.54) is 12.0 Å². The molecule has 0 atom stereocenters. The van der Waals surface area contributed by atoms with E-state index in [0.29, 0.717) is 11.3 Å². The number of fused-ring (bicyclic) bond motifs is 1. The van der Waals surface area contributed by atoms with Gasteiger partial charge in [-0.25, -0.2) is 14.6 Å². The minimum atomic E-state index is -0.426. The third kappa shape index (κ3) is 4.35. The summed E-state index contributed by atoms with van der Waals surface area (Å²) in [5.74, 6) is 0.160. The number of carbonyl (C=O) groups is 3. The molecule has 8 heteroatoms. The van der Waals surface area contributed by atoms with Crippen LogP contribution in [0.15, 0.2) is 60.7 Å². The van der Waals surface area contributed by atoms with Crippen LogP contribution in [0.3, 0.4) is 0 Å². The van der Waals surface area contributed by atoms with Crippen LogP contribution in [0, 0.1) is 6.92 Å². The molecule has 1 aromatic heterocycles. The number of hydrogen-bond donors (Lipinski definition) is 1. The zero-order valence-electron chi connectivity index (χ0n) is 21.1. The third-order valence-corrected chi connectivity index (χ3v) is 6.66. The first-order chi connectivity index (χ1) is 17.9. The number of esters is 1. The molecule has 1 aliphatic heterocycles. The van der Waals surface area contributed by atoms with Crippen molar-refractivity contribution in [3.05, 3.63) is 77.6 Å². The molecule has 188 valence electrons. The van der Waals surface area contributed by atoms with Crippen molar-refractivity contribution < 1.29 is 19.1 Å². The van der Waals surface area contributed by atoms with E-state index in [4.69, 9.17) is 9.72 Å². The van der Waals surface area contributed by atoms with Gasteiger partial charge < -0.3 is 4.74 Å². The number of rotatable bonds is 7. The van der Waals surface area contributed by atoms with Crippen LogP contribution in [-0.2, 0) is 16.0 Å². The highest BCUT2D eigenvalue weighted by molar-refractivity contribution is 6.13. The van der Waals surface area contributed by atoms with E-state index in [1.807, 2.05) is 66.1 Å². The van der Waals surface area contributed by atoms with Gasteiger partial charge in [0.2, 0.25) is 5.91 Å². The normalized spacial score (nSPS) is 13.3. The van der Waals surface area contributed by atoms with Gasteiger partial charge in [-0.3, -0.25) is 19.6 Å². The molecule has 0 aliphatic carbocycles. The number of imide groups is 1. The first-order valence-electron chi connectivity index (χ1n) is 12.3. The number of carbonyl (C=O) groups excluding carboxylic acids is 3. The van der Waals surface area contributed by atoms with Crippen LogP contribution in [0.2, 0.25) is 0 Å². The molecule has 8 nitrogen and oxygen atoms in total. The van der Waals surface area contributed by atoms with E-state index in [9.17, 15) is 14.4 Å². The molecule has 0 unspecified atom stereocenters. The molecule has 0 saturated carbocycles. The molecule has 3 aromatic carbocycles. The van der Waals surface area contributed by atoms with Crippen LogP contribution in [0.1, 0.15) is 41.5 Å². The average Bonchev–Trinajstić information content (AvgIpc) is 3.47. The molecule has 0 spiro atoms. The summed E-state index contributed by atoms with van der Waals surface area (Å²) in [4.78, 5) is 43.2. The fraction of sp³-hybridized carbons (Fsp3) is 0.241. The molecule has 0 radical (unpaired) electrons. The molecule has 0 bridgehead atoms. The van der Waals surface area contributed by atoms with Crippen molar-refractivity contribution in [1.29, 1.82) is 0 Å². The average molecular weight is 497 g/mol. The minimum Gasteiger partial charge on any atom is -0.465 e. The molecule has 1 saturated heterocycles. The van der Waals surface area contributed by atoms with Gasteiger partial charge in [0.15, 0.2) is 0 Å². The first-order valence-corrected chi connectivity index (χ1v) is 12.3. The summed E-state index contributed by atoms with van der Waals surface area (Å²) < 4.78 is 7.13. The lowest BCUT2D eigenvalue weighted by Crippen LogP contribution is -2.28. The summed E-state index contributed by atoms with van der Waals surface area (Å²) in [5.41, 5.74) is 6.26. The highest BCUT2D eigenvalue weighted by Crippen LogP contribution is 2.34. The number of ether oxygens (including phenoxy) is 1. The third-order valence-electron chi connectivity index (χ3n) is 6.66. The number of benzene rings is 3. The van der Waals surface area contributed by atoms with E-state index in [1.54, 1.807) is 6.07 Å². The van der Waals surface area contributed by atoms with Gasteiger partial charge in [-0.1, -0.05) is 49.7 Å². The molecule has 4 aromatic rings. The SMILES string of the molecule is CCCCc1nc2c(C)ccc(C(=O)OC)c2n1-c1ccc(-c2ccccc2N2CC(=O)NC2=O)cc1. The lowest BCUT2D eigenvalue weighted by Gasteiger charge is -2.18. The molecule has 37 heavy (non-hydrogen) atoms. The molecule has 2 heterocycles. The van der Waals surface area contributed by atoms with Crippen molar-refractivity contribution in [2.45, 2.75) is 33.1 Å². The Hall–Kier alpha value is -4.46. The maximum absolute atomic E-state index is 12.7. The van der Waals surface area contributed by atoms with E-state index < -0.39 is 12.0 Å². The molecule has 3 amide bonds. The number of anilines is 1. The van der Waals surface area contributed by atoms with Crippen molar-refractivity contribution >= 4 is 34.6 Å². The highest BCUT2D eigenvalue weighted by atomic mass is 16.5. The molecular formula is C29H28N4O4. The molecule has 5 rings (SSSR count). The van der Waals surface area contributed by atoms with Crippen LogP contribution in [0.4, 0.5) is 10.5 Å². The Balaban J connectivity index is 1.63. The topological polar surface area (TPSA) is 93.5 Å². The monoisotopic (exact) mass is 496 g/mol. The Bertz CT molecular complexity index is 1520. The maximum atomic E-state index is 12.7. The zero-order chi connectivity index (χ0) is 26.1. The second-order valence-electron chi connectivity index (χ2n) is 9.09. The molecule has 1 aliphatic rings. The number of methoxy groups -OCH3 is 1. The second-order valence-corrected chi connectivity index (χ2v) is 9.09. The Labute approximate surface area is 214 Å². The van der Waals surface area contributed by atoms with E-state index in [0.717, 1.165) is 58.5 Å². The van der Waals surface area contributed by atoms with Gasteiger partial charge in [0, 0.05) is 17.7 Å². The van der Waals surface area contributed by atoms with Crippen LogP contribution in [0.5, 0.6) is 0 Å². The fourth-order valence-electron chi connectivity index (χ4n) is 4.79. The van der Waals surface area contributed by atoms with Gasteiger partial charge in [-0.05, 0) is 48.7 Å². The Morgan fingerprint density at radius 3 is 2.49 bits per heavy atom. The van der Waals surface area contributed by atoms with Crippen molar-refractivity contribution in [1.82, 2.24) is 14.9 Å². The lowest BCUT2D eigenvalue weighted by molar-refractivity contribution is -0.117. The minimum absolute atomic E-state index is 0.00853. The van der Waals surface area contributed by atoms with Crippen LogP contribution >= 0.6 is 0 Å². The number of aromatic nitrogens is 2. The van der Waals surface area contributed by atoms with E-state index in [2.05, 4.69) is 12.2 Å². The van der Waals surface area contributed by atoms with Crippen LogP contribution in [0.25, 0.3) is 27.8 Å². The number of para-hydroxylation sites is 1. The standard InChI is InChI=1S/C29H28N4O4/c1-4-5-10-24-30-26-18(2)11-16-22(28(35)37-3)27(26)33(24)20-14-12-19(13-15-20)21-8-6-7-9-23(21)32-17-25(34)31-29(32)36/h6-9,11-16H,4-5,10,17H2,1-3H3,(H,31,34,36). The number of nitrogens with zero attached hydrogens (tertiary/aromatic N) is 3. The van der Waals surface area contributed by atoms with Gasteiger partial charge in [0.05, 0.1) is 29.4 Å². The Morgan fingerprint density at radius 2 is 1.81 bits per heavy atom. The number of urea groups is 1. The molecule has 1 N–H and O–H groups in total. The number of unbranched alkanes of at least 4 members (excludes halogenated alkanes) is 1. The van der Waals surface area contributed by atoms with Crippen molar-refractivity contribution in [2.24, 2.45) is 0 Å². The number of hydrogen-bond acceptors (Lipinski definition) is 5. The summed E-state index contributed by atoms with van der Waals surface area (Å²) in [6.07, 6.45) is 2.76. The predicted octanol–water partition coefficient (Wildman–Crippen LogP) is 5.19. The highest BCUT2D eigenvalue weighted by Gasteiger charge is 2.29. The smallest absolute Gasteiger partial charge is 0.340 e. The van der Waals surface area contributed by atoms with Crippen molar-refractivity contribution in [2.75, 3.05) is 18.6 Å². The van der Waals surface area contributed by atoms with Gasteiger partial charge >= 0.3 is 12.0 Å². The fourth-order valence-corrected chi connectivity index (χ4v) is 4.79. The summed E-state index contributed by atoms with van der Waals surface area (Å²) in [6.45, 7) is 4.12. The number of nitrogens with one attached hydrogen (secondary N) is 1. The summed E-state index contributed by atoms with van der Waals surface area (Å²) in [6, 6.07) is 18.7. The Morgan fingerprint density at radius 1 is 1.05 bits per heavy atom. The van der Waals surface area contributed by atoms with Gasteiger partial charge in [-0.15, -0.1) is 0 Å².